The largest absolute Gasteiger partial charge is 0.508 e. The van der Waals surface area contributed by atoms with E-state index in [-0.39, 0.29) is 5.75 Å². The molecule has 0 saturated carbocycles. The topological polar surface area (TPSA) is 39.1 Å². The normalized spacial score (nSPS) is 16.4. The molecule has 2 aromatic carbocycles. The summed E-state index contributed by atoms with van der Waals surface area (Å²) in [5, 5.41) is 16.2. The van der Waals surface area contributed by atoms with E-state index >= 15 is 0 Å². The lowest BCUT2D eigenvalue weighted by Crippen LogP contribution is -2.43. The van der Waals surface area contributed by atoms with Gasteiger partial charge in [-0.05, 0) is 49.2 Å². The van der Waals surface area contributed by atoms with Crippen LogP contribution >= 0.6 is 0 Å². The molecule has 1 fully saturated rings. The van der Waals surface area contributed by atoms with Crippen LogP contribution in [-0.4, -0.2) is 46.9 Å². The van der Waals surface area contributed by atoms with E-state index in [1.54, 1.807) is 12.1 Å². The molecule has 2 aromatic rings. The number of piperazine rings is 1. The van der Waals surface area contributed by atoms with Crippen LogP contribution in [0.4, 0.5) is 0 Å². The van der Waals surface area contributed by atoms with Gasteiger partial charge in [-0.3, -0.25) is 9.91 Å². The highest BCUT2D eigenvalue weighted by molar-refractivity contribution is 5.98. The fraction of sp³-hybridized carbons (Fsp3) is 0.350. The van der Waals surface area contributed by atoms with Crippen molar-refractivity contribution in [2.24, 2.45) is 5.10 Å². The summed E-state index contributed by atoms with van der Waals surface area (Å²) in [4.78, 5) is 2.48. The van der Waals surface area contributed by atoms with Crippen molar-refractivity contribution >= 4 is 5.71 Å². The van der Waals surface area contributed by atoms with Crippen molar-refractivity contribution < 1.29 is 5.11 Å². The molecule has 0 aliphatic carbocycles. The molecule has 1 aliphatic rings. The van der Waals surface area contributed by atoms with Crippen molar-refractivity contribution in [2.45, 2.75) is 20.4 Å². The molecule has 0 unspecified atom stereocenters. The Morgan fingerprint density at radius 1 is 0.958 bits per heavy atom. The average molecular weight is 323 g/mol. The predicted molar refractivity (Wildman–Crippen MR) is 98.3 cm³/mol. The zero-order valence-electron chi connectivity index (χ0n) is 14.4. The van der Waals surface area contributed by atoms with Gasteiger partial charge < -0.3 is 5.11 Å². The Morgan fingerprint density at radius 2 is 1.58 bits per heavy atom. The third-order valence-electron chi connectivity index (χ3n) is 4.45. The van der Waals surface area contributed by atoms with Gasteiger partial charge in [0.25, 0.3) is 0 Å². The zero-order valence-corrected chi connectivity index (χ0v) is 14.4. The van der Waals surface area contributed by atoms with E-state index < -0.39 is 0 Å². The first-order chi connectivity index (χ1) is 11.6. The van der Waals surface area contributed by atoms with Crippen molar-refractivity contribution in [3.05, 3.63) is 65.2 Å². The summed E-state index contributed by atoms with van der Waals surface area (Å²) in [6.07, 6.45) is 0. The summed E-state index contributed by atoms with van der Waals surface area (Å²) < 4.78 is 0. The van der Waals surface area contributed by atoms with Gasteiger partial charge >= 0.3 is 0 Å². The summed E-state index contributed by atoms with van der Waals surface area (Å²) in [7, 11) is 0. The summed E-state index contributed by atoms with van der Waals surface area (Å²) >= 11 is 0. The monoisotopic (exact) mass is 323 g/mol. The van der Waals surface area contributed by atoms with Crippen molar-refractivity contribution in [2.75, 3.05) is 26.2 Å². The van der Waals surface area contributed by atoms with Crippen molar-refractivity contribution in [1.82, 2.24) is 9.91 Å². The minimum Gasteiger partial charge on any atom is -0.508 e. The molecule has 3 rings (SSSR count). The van der Waals surface area contributed by atoms with E-state index in [4.69, 9.17) is 5.10 Å². The lowest BCUT2D eigenvalue weighted by Gasteiger charge is -2.33. The Hall–Kier alpha value is -2.33. The van der Waals surface area contributed by atoms with Crippen LogP contribution in [0.3, 0.4) is 0 Å². The van der Waals surface area contributed by atoms with E-state index in [2.05, 4.69) is 41.1 Å². The van der Waals surface area contributed by atoms with Crippen molar-refractivity contribution in [3.8, 4) is 5.75 Å². The molecule has 4 heteroatoms. The molecule has 126 valence electrons. The Morgan fingerprint density at radius 3 is 2.21 bits per heavy atom. The van der Waals surface area contributed by atoms with Crippen LogP contribution in [0.5, 0.6) is 5.75 Å². The molecular formula is C20H25N3O. The lowest BCUT2D eigenvalue weighted by molar-refractivity contribution is 0.130. The highest BCUT2D eigenvalue weighted by atomic mass is 16.3. The predicted octanol–water partition coefficient (Wildman–Crippen LogP) is 3.24. The first-order valence-electron chi connectivity index (χ1n) is 8.47. The Labute approximate surface area is 144 Å². The van der Waals surface area contributed by atoms with E-state index in [9.17, 15) is 5.11 Å². The number of benzene rings is 2. The quantitative estimate of drug-likeness (QED) is 0.878. The zero-order chi connectivity index (χ0) is 16.9. The number of rotatable bonds is 4. The molecule has 0 aromatic heterocycles. The van der Waals surface area contributed by atoms with Crippen LogP contribution in [0.1, 0.15) is 23.6 Å². The SMILES string of the molecule is C/C(=N\N1CCN(Cc2ccc(C)cc2)CC1)c1ccc(O)cc1. The second-order valence-electron chi connectivity index (χ2n) is 6.45. The van der Waals surface area contributed by atoms with Crippen LogP contribution in [0.2, 0.25) is 0 Å². The van der Waals surface area contributed by atoms with Gasteiger partial charge in [0.1, 0.15) is 5.75 Å². The number of hydrogen-bond acceptors (Lipinski definition) is 4. The third-order valence-corrected chi connectivity index (χ3v) is 4.45. The van der Waals surface area contributed by atoms with E-state index in [1.165, 1.54) is 11.1 Å². The highest BCUT2D eigenvalue weighted by Gasteiger charge is 2.16. The summed E-state index contributed by atoms with van der Waals surface area (Å²) in [6.45, 7) is 9.10. The molecule has 24 heavy (non-hydrogen) atoms. The van der Waals surface area contributed by atoms with Crippen LogP contribution < -0.4 is 0 Å². The molecule has 0 spiro atoms. The number of hydrazone groups is 1. The van der Waals surface area contributed by atoms with Gasteiger partial charge in [0.05, 0.1) is 5.71 Å². The molecule has 1 heterocycles. The van der Waals surface area contributed by atoms with E-state index in [0.717, 1.165) is 44.0 Å². The number of aryl methyl sites for hydroxylation is 1. The first kappa shape index (κ1) is 16.5. The van der Waals surface area contributed by atoms with Gasteiger partial charge in [0, 0.05) is 32.7 Å². The van der Waals surface area contributed by atoms with Gasteiger partial charge in [-0.1, -0.05) is 29.8 Å². The van der Waals surface area contributed by atoms with Crippen molar-refractivity contribution in [3.63, 3.8) is 0 Å². The van der Waals surface area contributed by atoms with Crippen LogP contribution in [0.15, 0.2) is 53.6 Å². The number of phenolic OH excluding ortho intramolecular Hbond substituents is 1. The van der Waals surface area contributed by atoms with Crippen molar-refractivity contribution in [1.29, 1.82) is 0 Å². The number of phenols is 1. The number of hydrogen-bond donors (Lipinski definition) is 1. The maximum atomic E-state index is 9.37. The summed E-state index contributed by atoms with van der Waals surface area (Å²) in [6, 6.07) is 16.0. The highest BCUT2D eigenvalue weighted by Crippen LogP contribution is 2.13. The minimum atomic E-state index is 0.288. The Balaban J connectivity index is 1.53. The van der Waals surface area contributed by atoms with Gasteiger partial charge in [-0.25, -0.2) is 0 Å². The van der Waals surface area contributed by atoms with Crippen LogP contribution in [0, 0.1) is 6.92 Å². The lowest BCUT2D eigenvalue weighted by atomic mass is 10.1. The van der Waals surface area contributed by atoms with E-state index in [0.29, 0.717) is 0 Å². The molecule has 1 saturated heterocycles. The minimum absolute atomic E-state index is 0.288. The molecule has 0 amide bonds. The fourth-order valence-corrected chi connectivity index (χ4v) is 2.92. The second kappa shape index (κ2) is 7.49. The van der Waals surface area contributed by atoms with Gasteiger partial charge in [0.15, 0.2) is 0 Å². The Bertz CT molecular complexity index is 684. The molecule has 1 aliphatic heterocycles. The molecule has 4 nitrogen and oxygen atoms in total. The second-order valence-corrected chi connectivity index (χ2v) is 6.45. The molecule has 1 N–H and O–H groups in total. The van der Waals surface area contributed by atoms with Crippen LogP contribution in [-0.2, 0) is 6.54 Å². The summed E-state index contributed by atoms with van der Waals surface area (Å²) in [5.74, 6) is 0.288. The van der Waals surface area contributed by atoms with Gasteiger partial charge in [-0.15, -0.1) is 0 Å². The fourth-order valence-electron chi connectivity index (χ4n) is 2.92. The summed E-state index contributed by atoms with van der Waals surface area (Å²) in [5.41, 5.74) is 4.72. The molecule has 0 atom stereocenters. The smallest absolute Gasteiger partial charge is 0.115 e. The van der Waals surface area contributed by atoms with E-state index in [1.807, 2.05) is 19.1 Å². The van der Waals surface area contributed by atoms with Crippen LogP contribution in [0.25, 0.3) is 0 Å². The maximum absolute atomic E-state index is 9.37. The third kappa shape index (κ3) is 4.36. The molecular weight excluding hydrogens is 298 g/mol. The first-order valence-corrected chi connectivity index (χ1v) is 8.47. The Kier molecular flexibility index (Phi) is 5.16. The van der Waals surface area contributed by atoms with Gasteiger partial charge in [0.2, 0.25) is 0 Å². The molecule has 0 bridgehead atoms. The average Bonchev–Trinajstić information content (AvgIpc) is 2.59. The molecule has 0 radical (unpaired) electrons. The number of nitrogens with zero attached hydrogens (tertiary/aromatic N) is 3. The standard InChI is InChI=1S/C20H25N3O/c1-16-3-5-18(6-4-16)15-22-11-13-23(14-12-22)21-17(2)19-7-9-20(24)10-8-19/h3-10,24H,11-15H2,1-2H3/b21-17+. The maximum Gasteiger partial charge on any atom is 0.115 e. The van der Waals surface area contributed by atoms with Gasteiger partial charge in [-0.2, -0.15) is 5.10 Å². The number of aromatic hydroxyl groups is 1.